The smallest absolute Gasteiger partial charge is 0.339 e. The highest BCUT2D eigenvalue weighted by molar-refractivity contribution is 5.93. The summed E-state index contributed by atoms with van der Waals surface area (Å²) in [6.45, 7) is 1.93. The number of ether oxygens (including phenoxy) is 1. The molecule has 0 saturated heterocycles. The molecule has 2 aromatic rings. The minimum atomic E-state index is -1.01. The van der Waals surface area contributed by atoms with E-state index < -0.39 is 5.97 Å². The van der Waals surface area contributed by atoms with Gasteiger partial charge in [-0.05, 0) is 25.1 Å². The molecule has 1 aromatic carbocycles. The number of methoxy groups -OCH3 is 1. The van der Waals surface area contributed by atoms with Crippen LogP contribution in [0.4, 0.5) is 5.82 Å². The molecule has 2 N–H and O–H groups in total. The third kappa shape index (κ3) is 2.88. The lowest BCUT2D eigenvalue weighted by atomic mass is 10.1. The number of anilines is 1. The van der Waals surface area contributed by atoms with E-state index in [1.165, 1.54) is 6.07 Å². The molecule has 0 fully saturated rings. The zero-order valence-corrected chi connectivity index (χ0v) is 11.3. The van der Waals surface area contributed by atoms with E-state index in [1.807, 2.05) is 31.2 Å². The molecule has 0 aliphatic heterocycles. The molecule has 5 nitrogen and oxygen atoms in total. The normalized spacial score (nSPS) is 11.7. The molecule has 0 spiro atoms. The van der Waals surface area contributed by atoms with Crippen molar-refractivity contribution in [2.24, 2.45) is 0 Å². The van der Waals surface area contributed by atoms with Gasteiger partial charge in [-0.15, -0.1) is 0 Å². The van der Waals surface area contributed by atoms with E-state index in [-0.39, 0.29) is 11.6 Å². The molecule has 0 radical (unpaired) electrons. The van der Waals surface area contributed by atoms with Crippen molar-refractivity contribution in [3.63, 3.8) is 0 Å². The van der Waals surface area contributed by atoms with E-state index in [1.54, 1.807) is 19.4 Å². The van der Waals surface area contributed by atoms with Crippen LogP contribution < -0.4 is 10.1 Å². The van der Waals surface area contributed by atoms with Crippen molar-refractivity contribution in [3.05, 3.63) is 53.7 Å². The highest BCUT2D eigenvalue weighted by Gasteiger charge is 2.15. The Kier molecular flexibility index (Phi) is 4.20. The lowest BCUT2D eigenvalue weighted by Crippen LogP contribution is -2.12. The second-order valence-electron chi connectivity index (χ2n) is 4.31. The Hall–Kier alpha value is -2.56. The number of benzene rings is 1. The van der Waals surface area contributed by atoms with Crippen molar-refractivity contribution in [2.75, 3.05) is 12.4 Å². The summed E-state index contributed by atoms with van der Waals surface area (Å²) in [6.07, 6.45) is 1.56. The van der Waals surface area contributed by atoms with E-state index in [2.05, 4.69) is 10.3 Å². The number of rotatable bonds is 5. The number of para-hydroxylation sites is 1. The molecule has 1 atom stereocenters. The molecule has 2 rings (SSSR count). The van der Waals surface area contributed by atoms with Crippen molar-refractivity contribution in [1.29, 1.82) is 0 Å². The van der Waals surface area contributed by atoms with Gasteiger partial charge in [0.2, 0.25) is 0 Å². The summed E-state index contributed by atoms with van der Waals surface area (Å²) in [5.74, 6) is 0.0894. The summed E-state index contributed by atoms with van der Waals surface area (Å²) < 4.78 is 5.31. The van der Waals surface area contributed by atoms with Gasteiger partial charge in [0.25, 0.3) is 0 Å². The number of pyridine rings is 1. The van der Waals surface area contributed by atoms with Crippen LogP contribution in [0.15, 0.2) is 42.6 Å². The van der Waals surface area contributed by atoms with E-state index >= 15 is 0 Å². The van der Waals surface area contributed by atoms with Gasteiger partial charge in [0.1, 0.15) is 17.1 Å². The Morgan fingerprint density at radius 1 is 1.30 bits per heavy atom. The van der Waals surface area contributed by atoms with Crippen LogP contribution in [0.3, 0.4) is 0 Å². The minimum Gasteiger partial charge on any atom is -0.496 e. The maximum atomic E-state index is 11.2. The topological polar surface area (TPSA) is 71.5 Å². The average molecular weight is 272 g/mol. The first-order chi connectivity index (χ1) is 9.63. The predicted molar refractivity (Wildman–Crippen MR) is 76.2 cm³/mol. The standard InChI is InChI=1S/C15H16N2O3/c1-10(11-6-3-4-8-13(11)20-2)17-14-12(15(18)19)7-5-9-16-14/h3-10H,1-2H3,(H,16,17)(H,18,19). The van der Waals surface area contributed by atoms with E-state index in [4.69, 9.17) is 9.84 Å². The second kappa shape index (κ2) is 6.06. The number of carbonyl (C=O) groups is 1. The van der Waals surface area contributed by atoms with Gasteiger partial charge in [0.15, 0.2) is 0 Å². The SMILES string of the molecule is COc1ccccc1C(C)Nc1ncccc1C(=O)O. The van der Waals surface area contributed by atoms with Crippen LogP contribution in [0.25, 0.3) is 0 Å². The van der Waals surface area contributed by atoms with Crippen molar-refractivity contribution >= 4 is 11.8 Å². The molecular weight excluding hydrogens is 256 g/mol. The highest BCUT2D eigenvalue weighted by Crippen LogP contribution is 2.27. The molecule has 1 aromatic heterocycles. The number of hydrogen-bond acceptors (Lipinski definition) is 4. The van der Waals surface area contributed by atoms with Gasteiger partial charge in [-0.3, -0.25) is 0 Å². The molecule has 5 heteroatoms. The second-order valence-corrected chi connectivity index (χ2v) is 4.31. The summed E-state index contributed by atoms with van der Waals surface area (Å²) >= 11 is 0. The maximum absolute atomic E-state index is 11.2. The third-order valence-electron chi connectivity index (χ3n) is 3.00. The van der Waals surface area contributed by atoms with Crippen LogP contribution in [-0.2, 0) is 0 Å². The van der Waals surface area contributed by atoms with Crippen LogP contribution in [0.2, 0.25) is 0 Å². The van der Waals surface area contributed by atoms with Crippen molar-refractivity contribution in [1.82, 2.24) is 4.98 Å². The van der Waals surface area contributed by atoms with E-state index in [9.17, 15) is 4.79 Å². The Morgan fingerprint density at radius 2 is 2.05 bits per heavy atom. The number of carboxylic acids is 1. The van der Waals surface area contributed by atoms with Gasteiger partial charge in [-0.2, -0.15) is 0 Å². The molecule has 0 amide bonds. The fraction of sp³-hybridized carbons (Fsp3) is 0.200. The molecular formula is C15H16N2O3. The molecule has 0 aliphatic carbocycles. The van der Waals surface area contributed by atoms with Gasteiger partial charge in [0, 0.05) is 11.8 Å². The fourth-order valence-corrected chi connectivity index (χ4v) is 2.00. The summed E-state index contributed by atoms with van der Waals surface area (Å²) in [5.41, 5.74) is 1.09. The Bertz CT molecular complexity index is 614. The molecule has 0 bridgehead atoms. The first-order valence-electron chi connectivity index (χ1n) is 6.21. The van der Waals surface area contributed by atoms with E-state index in [0.717, 1.165) is 11.3 Å². The Balaban J connectivity index is 2.28. The number of carboxylic acid groups (broad SMARTS) is 1. The van der Waals surface area contributed by atoms with Crippen molar-refractivity contribution < 1.29 is 14.6 Å². The van der Waals surface area contributed by atoms with Gasteiger partial charge in [-0.25, -0.2) is 9.78 Å². The lowest BCUT2D eigenvalue weighted by Gasteiger charge is -2.18. The van der Waals surface area contributed by atoms with Crippen molar-refractivity contribution in [2.45, 2.75) is 13.0 Å². The van der Waals surface area contributed by atoms with Crippen LogP contribution >= 0.6 is 0 Å². The quantitative estimate of drug-likeness (QED) is 0.875. The molecule has 0 saturated carbocycles. The predicted octanol–water partition coefficient (Wildman–Crippen LogP) is 2.96. The number of aromatic nitrogens is 1. The summed E-state index contributed by atoms with van der Waals surface area (Å²) in [6, 6.07) is 10.6. The highest BCUT2D eigenvalue weighted by atomic mass is 16.5. The molecule has 1 unspecified atom stereocenters. The van der Waals surface area contributed by atoms with Gasteiger partial charge >= 0.3 is 5.97 Å². The monoisotopic (exact) mass is 272 g/mol. The van der Waals surface area contributed by atoms with Crippen molar-refractivity contribution in [3.8, 4) is 5.75 Å². The first kappa shape index (κ1) is 13.9. The minimum absolute atomic E-state index is 0.126. The summed E-state index contributed by atoms with van der Waals surface area (Å²) in [5, 5.41) is 12.3. The number of aromatic carboxylic acids is 1. The first-order valence-corrected chi connectivity index (χ1v) is 6.21. The summed E-state index contributed by atoms with van der Waals surface area (Å²) in [7, 11) is 1.61. The third-order valence-corrected chi connectivity index (χ3v) is 3.00. The Labute approximate surface area is 117 Å². The molecule has 1 heterocycles. The average Bonchev–Trinajstić information content (AvgIpc) is 2.47. The van der Waals surface area contributed by atoms with Crippen LogP contribution in [0, 0.1) is 0 Å². The van der Waals surface area contributed by atoms with Crippen LogP contribution in [0.1, 0.15) is 28.9 Å². The van der Waals surface area contributed by atoms with Gasteiger partial charge in [-0.1, -0.05) is 18.2 Å². The zero-order valence-electron chi connectivity index (χ0n) is 11.3. The van der Waals surface area contributed by atoms with Crippen LogP contribution in [0.5, 0.6) is 5.75 Å². The molecule has 20 heavy (non-hydrogen) atoms. The number of hydrogen-bond donors (Lipinski definition) is 2. The summed E-state index contributed by atoms with van der Waals surface area (Å²) in [4.78, 5) is 15.2. The van der Waals surface area contributed by atoms with Crippen LogP contribution in [-0.4, -0.2) is 23.2 Å². The Morgan fingerprint density at radius 3 is 2.75 bits per heavy atom. The number of nitrogens with zero attached hydrogens (tertiary/aromatic N) is 1. The fourth-order valence-electron chi connectivity index (χ4n) is 2.00. The maximum Gasteiger partial charge on any atom is 0.339 e. The van der Waals surface area contributed by atoms with Gasteiger partial charge < -0.3 is 15.2 Å². The zero-order chi connectivity index (χ0) is 14.5. The molecule has 104 valence electrons. The largest absolute Gasteiger partial charge is 0.496 e. The van der Waals surface area contributed by atoms with Gasteiger partial charge in [0.05, 0.1) is 13.2 Å². The van der Waals surface area contributed by atoms with E-state index in [0.29, 0.717) is 5.82 Å². The molecule has 0 aliphatic rings. The lowest BCUT2D eigenvalue weighted by molar-refractivity contribution is 0.0697. The number of nitrogens with one attached hydrogen (secondary N) is 1.